The molecular weight excluding hydrogens is 560 g/mol. The molecule has 0 radical (unpaired) electrons. The highest BCUT2D eigenvalue weighted by atomic mass is 19.4. The molecule has 6 nitrogen and oxygen atoms in total. The Kier molecular flexibility index (Phi) is 7.84. The molecule has 1 saturated heterocycles. The Hall–Kier alpha value is -4.19. The molecule has 5 rings (SSSR count). The van der Waals surface area contributed by atoms with E-state index in [0.29, 0.717) is 43.9 Å². The van der Waals surface area contributed by atoms with Crippen LogP contribution in [0.5, 0.6) is 0 Å². The van der Waals surface area contributed by atoms with Gasteiger partial charge < -0.3 is 15.1 Å². The van der Waals surface area contributed by atoms with Crippen LogP contribution in [0.15, 0.2) is 60.7 Å². The summed E-state index contributed by atoms with van der Waals surface area (Å²) in [5, 5.41) is 4.19. The van der Waals surface area contributed by atoms with Gasteiger partial charge in [-0.1, -0.05) is 42.5 Å². The largest absolute Gasteiger partial charge is 0.416 e. The third-order valence-corrected chi connectivity index (χ3v) is 7.28. The first-order valence-electron chi connectivity index (χ1n) is 13.2. The van der Waals surface area contributed by atoms with Crippen LogP contribution in [0, 0.1) is 0 Å². The molecule has 12 heteroatoms. The van der Waals surface area contributed by atoms with E-state index in [1.807, 2.05) is 42.3 Å². The number of benzene rings is 3. The lowest BCUT2D eigenvalue weighted by Crippen LogP contribution is -2.45. The quantitative estimate of drug-likeness (QED) is 0.289. The van der Waals surface area contributed by atoms with Crippen molar-refractivity contribution in [1.29, 1.82) is 0 Å². The number of fused-ring (bicyclic) bond motifs is 1. The number of anilines is 1. The fourth-order valence-corrected chi connectivity index (χ4v) is 5.08. The van der Waals surface area contributed by atoms with E-state index in [4.69, 9.17) is 4.98 Å². The van der Waals surface area contributed by atoms with Crippen LogP contribution in [0.2, 0.25) is 0 Å². The molecule has 1 fully saturated rings. The van der Waals surface area contributed by atoms with Gasteiger partial charge in [0.25, 0.3) is 5.91 Å². The Balaban J connectivity index is 1.76. The highest BCUT2D eigenvalue weighted by Crippen LogP contribution is 2.38. The van der Waals surface area contributed by atoms with Gasteiger partial charge in [-0.3, -0.25) is 4.79 Å². The van der Waals surface area contributed by atoms with Gasteiger partial charge in [-0.05, 0) is 41.6 Å². The third-order valence-electron chi connectivity index (χ3n) is 7.28. The standard InChI is InChI=1S/C30H27F6N5O/c1-37-27(42)25-24(16-18-14-20(29(31,32)33)17-21(15-18)30(34,35)36)38-28(41-12-10-40(2)11-13-41)39-26(25)23-9-5-7-19-6-3-4-8-22(19)23/h3-9,14-15,17H,10-13,16H2,1-2H3,(H,37,42). The van der Waals surface area contributed by atoms with E-state index in [9.17, 15) is 31.1 Å². The summed E-state index contributed by atoms with van der Waals surface area (Å²) in [4.78, 5) is 26.8. The second kappa shape index (κ2) is 11.2. The van der Waals surface area contributed by atoms with Crippen LogP contribution >= 0.6 is 0 Å². The predicted molar refractivity (Wildman–Crippen MR) is 147 cm³/mol. The number of piperazine rings is 1. The molecule has 1 aliphatic rings. The Bertz CT molecular complexity index is 1590. The maximum Gasteiger partial charge on any atom is 0.416 e. The maximum absolute atomic E-state index is 13.6. The number of rotatable bonds is 5. The van der Waals surface area contributed by atoms with E-state index in [2.05, 4.69) is 15.2 Å². The van der Waals surface area contributed by atoms with Gasteiger partial charge in [0.2, 0.25) is 5.95 Å². The van der Waals surface area contributed by atoms with Gasteiger partial charge in [-0.15, -0.1) is 0 Å². The number of nitrogens with one attached hydrogen (secondary N) is 1. The van der Waals surface area contributed by atoms with Gasteiger partial charge in [0, 0.05) is 45.2 Å². The summed E-state index contributed by atoms with van der Waals surface area (Å²) < 4.78 is 81.8. The minimum atomic E-state index is -5.01. The summed E-state index contributed by atoms with van der Waals surface area (Å²) in [6.07, 6.45) is -10.5. The van der Waals surface area contributed by atoms with E-state index in [-0.39, 0.29) is 34.5 Å². The molecule has 42 heavy (non-hydrogen) atoms. The van der Waals surface area contributed by atoms with E-state index < -0.39 is 35.8 Å². The molecule has 220 valence electrons. The van der Waals surface area contributed by atoms with E-state index in [1.54, 1.807) is 12.1 Å². The van der Waals surface area contributed by atoms with Gasteiger partial charge in [0.1, 0.15) is 0 Å². The molecule has 0 aliphatic carbocycles. The van der Waals surface area contributed by atoms with Crippen LogP contribution in [0.25, 0.3) is 22.0 Å². The molecule has 0 atom stereocenters. The van der Waals surface area contributed by atoms with Gasteiger partial charge in [0.05, 0.1) is 28.1 Å². The molecule has 1 amide bonds. The Morgan fingerprint density at radius 1 is 0.857 bits per heavy atom. The average molecular weight is 588 g/mol. The maximum atomic E-state index is 13.6. The molecule has 1 aromatic heterocycles. The number of halogens is 6. The Labute approximate surface area is 238 Å². The summed E-state index contributed by atoms with van der Waals surface area (Å²) in [7, 11) is 3.35. The van der Waals surface area contributed by atoms with Crippen molar-refractivity contribution in [2.24, 2.45) is 0 Å². The van der Waals surface area contributed by atoms with Gasteiger partial charge >= 0.3 is 12.4 Å². The lowest BCUT2D eigenvalue weighted by Gasteiger charge is -2.33. The third kappa shape index (κ3) is 6.03. The van der Waals surface area contributed by atoms with Crippen LogP contribution in [0.4, 0.5) is 32.3 Å². The average Bonchev–Trinajstić information content (AvgIpc) is 2.95. The second-order valence-corrected chi connectivity index (χ2v) is 10.2. The second-order valence-electron chi connectivity index (χ2n) is 10.2. The SMILES string of the molecule is CNC(=O)c1c(Cc2cc(C(F)(F)F)cc(C(F)(F)F)c2)nc(N2CCN(C)CC2)nc1-c1cccc2ccccc12. The lowest BCUT2D eigenvalue weighted by atomic mass is 9.94. The molecule has 3 aromatic carbocycles. The van der Waals surface area contributed by atoms with Crippen molar-refractivity contribution in [1.82, 2.24) is 20.2 Å². The van der Waals surface area contributed by atoms with Gasteiger partial charge in [-0.25, -0.2) is 9.97 Å². The number of hydrogen-bond acceptors (Lipinski definition) is 5. The van der Waals surface area contributed by atoms with Crippen molar-refractivity contribution in [2.45, 2.75) is 18.8 Å². The molecule has 0 bridgehead atoms. The molecule has 0 saturated carbocycles. The topological polar surface area (TPSA) is 61.4 Å². The first kappa shape index (κ1) is 29.3. The number of aromatic nitrogens is 2. The molecule has 2 heterocycles. The smallest absolute Gasteiger partial charge is 0.355 e. The fourth-order valence-electron chi connectivity index (χ4n) is 5.08. The zero-order valence-electron chi connectivity index (χ0n) is 22.8. The van der Waals surface area contributed by atoms with E-state index in [1.165, 1.54) is 7.05 Å². The van der Waals surface area contributed by atoms with Crippen molar-refractivity contribution in [3.05, 3.63) is 88.6 Å². The monoisotopic (exact) mass is 587 g/mol. The molecule has 1 N–H and O–H groups in total. The number of likely N-dealkylation sites (N-methyl/N-ethyl adjacent to an activating group) is 1. The van der Waals surface area contributed by atoms with Crippen LogP contribution < -0.4 is 10.2 Å². The highest BCUT2D eigenvalue weighted by Gasteiger charge is 2.37. The summed E-state index contributed by atoms with van der Waals surface area (Å²) in [6.45, 7) is 2.49. The van der Waals surface area contributed by atoms with Crippen LogP contribution in [-0.4, -0.2) is 61.0 Å². The van der Waals surface area contributed by atoms with E-state index >= 15 is 0 Å². The number of nitrogens with zero attached hydrogens (tertiary/aromatic N) is 4. The van der Waals surface area contributed by atoms with Crippen molar-refractivity contribution in [3.8, 4) is 11.3 Å². The number of amides is 1. The van der Waals surface area contributed by atoms with Crippen LogP contribution in [0.3, 0.4) is 0 Å². The Morgan fingerprint density at radius 2 is 1.48 bits per heavy atom. The fraction of sp³-hybridized carbons (Fsp3) is 0.300. The normalized spacial score (nSPS) is 14.8. The highest BCUT2D eigenvalue weighted by molar-refractivity contribution is 6.05. The van der Waals surface area contributed by atoms with Crippen LogP contribution in [-0.2, 0) is 18.8 Å². The van der Waals surface area contributed by atoms with Crippen LogP contribution in [0.1, 0.15) is 32.7 Å². The number of alkyl halides is 6. The van der Waals surface area contributed by atoms with Crippen molar-refractivity contribution < 1.29 is 31.1 Å². The summed E-state index contributed by atoms with van der Waals surface area (Å²) in [6, 6.07) is 14.3. The summed E-state index contributed by atoms with van der Waals surface area (Å²) in [5.74, 6) is -0.363. The first-order valence-corrected chi connectivity index (χ1v) is 13.2. The van der Waals surface area contributed by atoms with Crippen molar-refractivity contribution in [2.75, 3.05) is 45.2 Å². The first-order chi connectivity index (χ1) is 19.8. The molecule has 0 unspecified atom stereocenters. The van der Waals surface area contributed by atoms with Crippen molar-refractivity contribution >= 4 is 22.6 Å². The van der Waals surface area contributed by atoms with E-state index in [0.717, 1.165) is 10.8 Å². The number of carbonyl (C=O) groups excluding carboxylic acids is 1. The minimum absolute atomic E-state index is 0.0160. The molecular formula is C30H27F6N5O. The van der Waals surface area contributed by atoms with Crippen molar-refractivity contribution in [3.63, 3.8) is 0 Å². The minimum Gasteiger partial charge on any atom is -0.355 e. The van der Waals surface area contributed by atoms with Gasteiger partial charge in [-0.2, -0.15) is 26.3 Å². The lowest BCUT2D eigenvalue weighted by molar-refractivity contribution is -0.143. The number of carbonyl (C=O) groups is 1. The molecule has 4 aromatic rings. The summed E-state index contributed by atoms with van der Waals surface area (Å²) >= 11 is 0. The number of hydrogen-bond donors (Lipinski definition) is 1. The van der Waals surface area contributed by atoms with Gasteiger partial charge in [0.15, 0.2) is 0 Å². The Morgan fingerprint density at radius 3 is 2.10 bits per heavy atom. The molecule has 0 spiro atoms. The molecule has 1 aliphatic heterocycles. The predicted octanol–water partition coefficient (Wildman–Crippen LogP) is 6.04. The zero-order chi connectivity index (χ0) is 30.2. The summed E-state index contributed by atoms with van der Waals surface area (Å²) in [5.41, 5.74) is -2.31. The zero-order valence-corrected chi connectivity index (χ0v) is 22.8.